The number of rotatable bonds is 4. The molecule has 0 radical (unpaired) electrons. The molecule has 16 heavy (non-hydrogen) atoms. The second-order valence-corrected chi connectivity index (χ2v) is 4.93. The molecular formula is C10H14N4S2. The fourth-order valence-corrected chi connectivity index (χ4v) is 2.61. The average Bonchev–Trinajstić information content (AvgIpc) is 2.87. The highest BCUT2D eigenvalue weighted by atomic mass is 32.1. The predicted molar refractivity (Wildman–Crippen MR) is 69.5 cm³/mol. The fraction of sp³-hybridized carbons (Fsp3) is 0.400. The van der Waals surface area contributed by atoms with Crippen molar-refractivity contribution in [2.75, 3.05) is 11.9 Å². The highest BCUT2D eigenvalue weighted by molar-refractivity contribution is 7.71. The summed E-state index contributed by atoms with van der Waals surface area (Å²) in [6, 6.07) is 4.18. The van der Waals surface area contributed by atoms with Crippen LogP contribution in [0.3, 0.4) is 0 Å². The third-order valence-corrected chi connectivity index (χ3v) is 3.54. The van der Waals surface area contributed by atoms with E-state index >= 15 is 0 Å². The van der Waals surface area contributed by atoms with Crippen molar-refractivity contribution in [3.05, 3.63) is 27.2 Å². The molecule has 2 aromatic heterocycles. The monoisotopic (exact) mass is 254 g/mol. The van der Waals surface area contributed by atoms with Crippen LogP contribution in [0.15, 0.2) is 17.5 Å². The summed E-state index contributed by atoms with van der Waals surface area (Å²) in [5, 5.41) is 9.15. The molecule has 0 aromatic carbocycles. The van der Waals surface area contributed by atoms with Crippen molar-refractivity contribution in [1.82, 2.24) is 14.8 Å². The van der Waals surface area contributed by atoms with E-state index in [4.69, 9.17) is 12.2 Å². The van der Waals surface area contributed by atoms with Crippen molar-refractivity contribution in [2.24, 2.45) is 0 Å². The molecule has 6 heteroatoms. The lowest BCUT2D eigenvalue weighted by atomic mass is 10.4. The Morgan fingerprint density at radius 3 is 3.06 bits per heavy atom. The van der Waals surface area contributed by atoms with Crippen molar-refractivity contribution >= 4 is 29.5 Å². The summed E-state index contributed by atoms with van der Waals surface area (Å²) >= 11 is 6.91. The van der Waals surface area contributed by atoms with Crippen LogP contribution in [-0.2, 0) is 13.1 Å². The van der Waals surface area contributed by atoms with Crippen molar-refractivity contribution in [3.8, 4) is 0 Å². The van der Waals surface area contributed by atoms with Crippen LogP contribution in [0.2, 0.25) is 0 Å². The van der Waals surface area contributed by atoms with Gasteiger partial charge in [-0.15, -0.1) is 16.4 Å². The molecule has 0 aliphatic heterocycles. The summed E-state index contributed by atoms with van der Waals surface area (Å²) in [5.74, 6) is 0.890. The maximum absolute atomic E-state index is 5.16. The van der Waals surface area contributed by atoms with Gasteiger partial charge in [-0.3, -0.25) is 4.57 Å². The lowest BCUT2D eigenvalue weighted by Gasteiger charge is -2.17. The van der Waals surface area contributed by atoms with Gasteiger partial charge in [0.1, 0.15) is 0 Å². The molecule has 0 saturated carbocycles. The Morgan fingerprint density at radius 1 is 1.62 bits per heavy atom. The number of hydrogen-bond donors (Lipinski definition) is 1. The number of aromatic amines is 1. The molecule has 0 atom stereocenters. The van der Waals surface area contributed by atoms with E-state index in [1.165, 1.54) is 4.88 Å². The van der Waals surface area contributed by atoms with E-state index in [-0.39, 0.29) is 0 Å². The maximum Gasteiger partial charge on any atom is 0.225 e. The minimum Gasteiger partial charge on any atom is -0.339 e. The first-order valence-corrected chi connectivity index (χ1v) is 6.40. The van der Waals surface area contributed by atoms with E-state index in [0.717, 1.165) is 19.0 Å². The first-order valence-electron chi connectivity index (χ1n) is 5.11. The van der Waals surface area contributed by atoms with Crippen LogP contribution in [0.5, 0.6) is 0 Å². The first-order chi connectivity index (χ1) is 7.72. The molecule has 2 aromatic rings. The topological polar surface area (TPSA) is 36.9 Å². The third-order valence-electron chi connectivity index (χ3n) is 2.37. The average molecular weight is 254 g/mol. The van der Waals surface area contributed by atoms with Gasteiger partial charge in [-0.1, -0.05) is 6.07 Å². The van der Waals surface area contributed by atoms with E-state index in [2.05, 4.69) is 39.5 Å². The second kappa shape index (κ2) is 4.80. The highest BCUT2D eigenvalue weighted by Gasteiger charge is 2.10. The molecule has 0 amide bonds. The molecule has 2 heterocycles. The zero-order valence-corrected chi connectivity index (χ0v) is 10.9. The highest BCUT2D eigenvalue weighted by Crippen LogP contribution is 2.16. The SMILES string of the molecule is CCn1c(N(C)Cc2cccs2)n[nH]c1=S. The number of nitrogens with one attached hydrogen (secondary N) is 1. The van der Waals surface area contributed by atoms with Gasteiger partial charge in [0.25, 0.3) is 0 Å². The molecule has 0 saturated heterocycles. The standard InChI is InChI=1S/C10H14N4S2/c1-3-14-9(11-12-10(14)15)13(2)7-8-5-4-6-16-8/h4-6H,3,7H2,1-2H3,(H,12,15). The van der Waals surface area contributed by atoms with Crippen LogP contribution in [-0.4, -0.2) is 21.8 Å². The van der Waals surface area contributed by atoms with Gasteiger partial charge < -0.3 is 4.90 Å². The lowest BCUT2D eigenvalue weighted by molar-refractivity contribution is 0.719. The first kappa shape index (κ1) is 11.3. The zero-order valence-electron chi connectivity index (χ0n) is 9.30. The lowest BCUT2D eigenvalue weighted by Crippen LogP contribution is -2.20. The minimum atomic E-state index is 0.676. The Balaban J connectivity index is 2.20. The number of nitrogens with zero attached hydrogens (tertiary/aromatic N) is 3. The minimum absolute atomic E-state index is 0.676. The van der Waals surface area contributed by atoms with Gasteiger partial charge in [0.15, 0.2) is 4.77 Å². The van der Waals surface area contributed by atoms with Crippen molar-refractivity contribution in [3.63, 3.8) is 0 Å². The Hall–Kier alpha value is -1.14. The second-order valence-electron chi connectivity index (χ2n) is 3.51. The Kier molecular flexibility index (Phi) is 3.40. The smallest absolute Gasteiger partial charge is 0.225 e. The van der Waals surface area contributed by atoms with Crippen LogP contribution in [0.25, 0.3) is 0 Å². The van der Waals surface area contributed by atoms with E-state index in [1.807, 2.05) is 11.6 Å². The largest absolute Gasteiger partial charge is 0.339 e. The van der Waals surface area contributed by atoms with E-state index in [1.54, 1.807) is 11.3 Å². The van der Waals surface area contributed by atoms with Crippen LogP contribution < -0.4 is 4.90 Å². The van der Waals surface area contributed by atoms with Gasteiger partial charge in [0, 0.05) is 18.5 Å². The predicted octanol–water partition coefficient (Wildman–Crippen LogP) is 2.66. The molecule has 0 aliphatic carbocycles. The van der Waals surface area contributed by atoms with E-state index < -0.39 is 0 Å². The normalized spacial score (nSPS) is 10.6. The summed E-state index contributed by atoms with van der Waals surface area (Å²) < 4.78 is 2.67. The van der Waals surface area contributed by atoms with Gasteiger partial charge in [-0.25, -0.2) is 5.10 Å². The summed E-state index contributed by atoms with van der Waals surface area (Å²) in [7, 11) is 2.02. The van der Waals surface area contributed by atoms with E-state index in [9.17, 15) is 0 Å². The zero-order chi connectivity index (χ0) is 11.5. The Morgan fingerprint density at radius 2 is 2.44 bits per heavy atom. The molecule has 4 nitrogen and oxygen atoms in total. The van der Waals surface area contributed by atoms with E-state index in [0.29, 0.717) is 4.77 Å². The quantitative estimate of drug-likeness (QED) is 0.852. The van der Waals surface area contributed by atoms with Crippen LogP contribution >= 0.6 is 23.6 Å². The fourth-order valence-electron chi connectivity index (χ4n) is 1.59. The van der Waals surface area contributed by atoms with Gasteiger partial charge in [0.05, 0.1) is 6.54 Å². The summed E-state index contributed by atoms with van der Waals surface area (Å²) in [6.45, 7) is 3.75. The number of aromatic nitrogens is 3. The number of thiophene rings is 1. The molecule has 2 rings (SSSR count). The molecular weight excluding hydrogens is 240 g/mol. The van der Waals surface area contributed by atoms with Gasteiger partial charge in [-0.05, 0) is 30.6 Å². The molecule has 0 unspecified atom stereocenters. The third kappa shape index (κ3) is 2.17. The molecule has 0 bridgehead atoms. The van der Waals surface area contributed by atoms with Crippen LogP contribution in [0, 0.1) is 4.77 Å². The summed E-state index contributed by atoms with van der Waals surface area (Å²) in [5.41, 5.74) is 0. The van der Waals surface area contributed by atoms with Crippen molar-refractivity contribution in [1.29, 1.82) is 0 Å². The molecule has 86 valence electrons. The molecule has 0 aliphatic rings. The summed E-state index contributed by atoms with van der Waals surface area (Å²) in [4.78, 5) is 3.42. The molecule has 0 spiro atoms. The maximum atomic E-state index is 5.16. The molecule has 1 N–H and O–H groups in total. The van der Waals surface area contributed by atoms with Crippen molar-refractivity contribution < 1.29 is 0 Å². The number of anilines is 1. The summed E-state index contributed by atoms with van der Waals surface area (Å²) in [6.07, 6.45) is 0. The van der Waals surface area contributed by atoms with Gasteiger partial charge in [0.2, 0.25) is 5.95 Å². The van der Waals surface area contributed by atoms with Gasteiger partial charge in [-0.2, -0.15) is 0 Å². The Labute approximate surface area is 104 Å². The van der Waals surface area contributed by atoms with Crippen molar-refractivity contribution in [2.45, 2.75) is 20.0 Å². The van der Waals surface area contributed by atoms with Crippen LogP contribution in [0.4, 0.5) is 5.95 Å². The number of H-pyrrole nitrogens is 1. The Bertz CT molecular complexity index is 497. The van der Waals surface area contributed by atoms with Crippen LogP contribution in [0.1, 0.15) is 11.8 Å². The molecule has 0 fully saturated rings. The van der Waals surface area contributed by atoms with Gasteiger partial charge >= 0.3 is 0 Å². The number of hydrogen-bond acceptors (Lipinski definition) is 4.